The van der Waals surface area contributed by atoms with Gasteiger partial charge in [-0.3, -0.25) is 4.68 Å². The van der Waals surface area contributed by atoms with Crippen molar-refractivity contribution in [2.24, 2.45) is 7.05 Å². The van der Waals surface area contributed by atoms with Crippen molar-refractivity contribution in [3.63, 3.8) is 0 Å². The number of nitrogens with zero attached hydrogens (tertiary/aromatic N) is 6. The van der Waals surface area contributed by atoms with Crippen LogP contribution in [0.15, 0.2) is 43.6 Å². The van der Waals surface area contributed by atoms with Gasteiger partial charge < -0.3 is 15.1 Å². The third kappa shape index (κ3) is 5.24. The van der Waals surface area contributed by atoms with E-state index in [1.807, 2.05) is 18.0 Å². The van der Waals surface area contributed by atoms with E-state index in [0.717, 1.165) is 29.0 Å². The Hall–Kier alpha value is -4.22. The molecular weight excluding hydrogens is 502 g/mol. The van der Waals surface area contributed by atoms with Crippen LogP contribution in [0.5, 0.6) is 0 Å². The summed E-state index contributed by atoms with van der Waals surface area (Å²) in [4.78, 5) is 16.2. The van der Waals surface area contributed by atoms with Crippen molar-refractivity contribution in [2.45, 2.75) is 25.1 Å². The minimum Gasteiger partial charge on any atom is -0.354 e. The molecule has 38 heavy (non-hydrogen) atoms. The number of alkyl halides is 3. The second-order valence-electron chi connectivity index (χ2n) is 8.89. The molecule has 1 aromatic carbocycles. The zero-order valence-electron chi connectivity index (χ0n) is 21.0. The van der Waals surface area contributed by atoms with Crippen LogP contribution in [0.4, 0.5) is 33.9 Å². The lowest BCUT2D eigenvalue weighted by atomic mass is 10.0. The van der Waals surface area contributed by atoms with Gasteiger partial charge in [-0.1, -0.05) is 25.3 Å². The number of benzene rings is 1. The lowest BCUT2D eigenvalue weighted by Gasteiger charge is -2.37. The molecule has 0 aliphatic carbocycles. The van der Waals surface area contributed by atoms with E-state index < -0.39 is 29.3 Å². The highest BCUT2D eigenvalue weighted by Crippen LogP contribution is 2.36. The molecule has 1 saturated heterocycles. The lowest BCUT2D eigenvalue weighted by Crippen LogP contribution is -2.47. The van der Waals surface area contributed by atoms with Gasteiger partial charge in [0.2, 0.25) is 0 Å². The molecular formula is C26H27F4N7O. The van der Waals surface area contributed by atoms with E-state index in [9.17, 15) is 22.4 Å². The van der Waals surface area contributed by atoms with Crippen molar-refractivity contribution in [1.82, 2.24) is 24.9 Å². The molecule has 0 unspecified atom stereocenters. The van der Waals surface area contributed by atoms with Crippen molar-refractivity contribution >= 4 is 29.7 Å². The van der Waals surface area contributed by atoms with Gasteiger partial charge in [0, 0.05) is 50.6 Å². The Kier molecular flexibility index (Phi) is 7.51. The van der Waals surface area contributed by atoms with Crippen LogP contribution in [0.3, 0.4) is 0 Å². The number of nitrogens with one attached hydrogen (secondary N) is 1. The minimum absolute atomic E-state index is 0.228. The van der Waals surface area contributed by atoms with Gasteiger partial charge in [-0.2, -0.15) is 18.3 Å². The van der Waals surface area contributed by atoms with Crippen LogP contribution in [0, 0.1) is 5.82 Å². The molecule has 2 amide bonds. The van der Waals surface area contributed by atoms with Gasteiger partial charge in [0.25, 0.3) is 0 Å². The van der Waals surface area contributed by atoms with Gasteiger partial charge in [0.15, 0.2) is 5.82 Å². The number of rotatable bonds is 6. The normalized spacial score (nSPS) is 14.3. The molecule has 1 N–H and O–H groups in total. The molecule has 0 radical (unpaired) electrons. The van der Waals surface area contributed by atoms with E-state index >= 15 is 0 Å². The lowest BCUT2D eigenvalue weighted by molar-refractivity contribution is -0.137. The van der Waals surface area contributed by atoms with E-state index in [0.29, 0.717) is 43.5 Å². The first kappa shape index (κ1) is 26.8. The maximum Gasteiger partial charge on any atom is 0.418 e. The van der Waals surface area contributed by atoms with Crippen LogP contribution >= 0.6 is 0 Å². The van der Waals surface area contributed by atoms with Gasteiger partial charge >= 0.3 is 12.2 Å². The Labute approximate surface area is 217 Å². The Balaban J connectivity index is 1.48. The molecule has 0 bridgehead atoms. The van der Waals surface area contributed by atoms with E-state index in [-0.39, 0.29) is 6.04 Å². The summed E-state index contributed by atoms with van der Waals surface area (Å²) in [5.41, 5.74) is 1.22. The standard InChI is InChI=1S/C26H27F4N7O/c1-5-18-19(6-2)24(34-33-23(18)22-9-12-31-36(22)4)37-13-10-17(11-14-37)35(3)25(38)32-21-8-7-16(27)15-20(21)26(28,29)30/h5-9,12,15,17H,1-2,10-11,13-14H2,3-4H3,(H,32,38). The summed E-state index contributed by atoms with van der Waals surface area (Å²) >= 11 is 0. The number of hydrogen-bond acceptors (Lipinski definition) is 5. The van der Waals surface area contributed by atoms with Crippen LogP contribution in [0.25, 0.3) is 23.5 Å². The van der Waals surface area contributed by atoms with Crippen LogP contribution in [-0.4, -0.2) is 57.1 Å². The second-order valence-corrected chi connectivity index (χ2v) is 8.89. The number of aryl methyl sites for hydroxylation is 1. The van der Waals surface area contributed by atoms with Crippen molar-refractivity contribution < 1.29 is 22.4 Å². The molecule has 0 spiro atoms. The average Bonchev–Trinajstić information content (AvgIpc) is 3.33. The zero-order chi connectivity index (χ0) is 27.6. The fraction of sp³-hybridized carbons (Fsp3) is 0.308. The highest BCUT2D eigenvalue weighted by atomic mass is 19.4. The maximum absolute atomic E-state index is 13.4. The summed E-state index contributed by atoms with van der Waals surface area (Å²) in [6, 6.07) is 3.05. The van der Waals surface area contributed by atoms with Gasteiger partial charge in [-0.25, -0.2) is 9.18 Å². The minimum atomic E-state index is -4.81. The first-order valence-corrected chi connectivity index (χ1v) is 11.8. The summed E-state index contributed by atoms with van der Waals surface area (Å²) in [6.45, 7) is 8.94. The predicted octanol–water partition coefficient (Wildman–Crippen LogP) is 5.45. The number of halogens is 4. The first-order valence-electron chi connectivity index (χ1n) is 11.8. The Morgan fingerprint density at radius 3 is 2.39 bits per heavy atom. The first-order chi connectivity index (χ1) is 18.0. The van der Waals surface area contributed by atoms with Crippen molar-refractivity contribution in [3.05, 3.63) is 66.1 Å². The van der Waals surface area contributed by atoms with Gasteiger partial charge in [0.05, 0.1) is 16.9 Å². The summed E-state index contributed by atoms with van der Waals surface area (Å²) in [7, 11) is 3.34. The Bertz CT molecular complexity index is 1360. The molecule has 0 atom stereocenters. The van der Waals surface area contributed by atoms with Crippen LogP contribution in [0.2, 0.25) is 0 Å². The molecule has 8 nitrogen and oxygen atoms in total. The molecule has 1 aliphatic heterocycles. The number of amides is 2. The van der Waals surface area contributed by atoms with Gasteiger partial charge in [-0.15, -0.1) is 10.2 Å². The summed E-state index contributed by atoms with van der Waals surface area (Å²) in [5.74, 6) is -0.404. The van der Waals surface area contributed by atoms with E-state index in [2.05, 4.69) is 33.8 Å². The van der Waals surface area contributed by atoms with Crippen molar-refractivity contribution in [1.29, 1.82) is 0 Å². The topological polar surface area (TPSA) is 79.2 Å². The molecule has 12 heteroatoms. The molecule has 200 valence electrons. The number of anilines is 2. The number of carbonyl (C=O) groups excluding carboxylic acids is 1. The second kappa shape index (κ2) is 10.6. The van der Waals surface area contributed by atoms with E-state index in [4.69, 9.17) is 0 Å². The van der Waals surface area contributed by atoms with Crippen LogP contribution in [0.1, 0.15) is 29.5 Å². The quantitative estimate of drug-likeness (QED) is 0.430. The molecule has 0 saturated carbocycles. The number of piperidine rings is 1. The number of carbonyl (C=O) groups is 1. The zero-order valence-corrected chi connectivity index (χ0v) is 21.0. The van der Waals surface area contributed by atoms with Gasteiger partial charge in [-0.05, 0) is 37.1 Å². The van der Waals surface area contributed by atoms with Gasteiger partial charge in [0.1, 0.15) is 11.5 Å². The maximum atomic E-state index is 13.4. The molecule has 1 fully saturated rings. The Morgan fingerprint density at radius 1 is 1.13 bits per heavy atom. The highest BCUT2D eigenvalue weighted by molar-refractivity contribution is 5.90. The van der Waals surface area contributed by atoms with Crippen molar-refractivity contribution in [3.8, 4) is 11.4 Å². The number of urea groups is 1. The molecule has 1 aliphatic rings. The third-order valence-corrected chi connectivity index (χ3v) is 6.66. The van der Waals surface area contributed by atoms with E-state index in [1.165, 1.54) is 11.9 Å². The summed E-state index contributed by atoms with van der Waals surface area (Å²) < 4.78 is 55.0. The largest absolute Gasteiger partial charge is 0.418 e. The van der Waals surface area contributed by atoms with E-state index in [1.54, 1.807) is 23.0 Å². The molecule has 2 aromatic heterocycles. The fourth-order valence-electron chi connectivity index (χ4n) is 4.58. The Morgan fingerprint density at radius 2 is 1.82 bits per heavy atom. The SMILES string of the molecule is C=Cc1c(-c2ccnn2C)nnc(N2CCC(N(C)C(=O)Nc3ccc(F)cc3C(F)(F)F)CC2)c1C=C. The van der Waals surface area contributed by atoms with Crippen molar-refractivity contribution in [2.75, 3.05) is 30.4 Å². The highest BCUT2D eigenvalue weighted by Gasteiger charge is 2.35. The monoisotopic (exact) mass is 529 g/mol. The van der Waals surface area contributed by atoms with Crippen LogP contribution < -0.4 is 10.2 Å². The summed E-state index contributed by atoms with van der Waals surface area (Å²) in [5, 5.41) is 15.4. The predicted molar refractivity (Wildman–Crippen MR) is 138 cm³/mol. The number of hydrogen-bond donors (Lipinski definition) is 1. The fourth-order valence-corrected chi connectivity index (χ4v) is 4.58. The van der Waals surface area contributed by atoms with Crippen LogP contribution in [-0.2, 0) is 13.2 Å². The smallest absolute Gasteiger partial charge is 0.354 e. The number of aromatic nitrogens is 4. The molecule has 3 heterocycles. The molecule has 3 aromatic rings. The average molecular weight is 530 g/mol. The summed E-state index contributed by atoms with van der Waals surface area (Å²) in [6.07, 6.45) is 1.35. The third-order valence-electron chi connectivity index (χ3n) is 6.66. The molecule has 4 rings (SSSR count).